The Morgan fingerprint density at radius 1 is 1.26 bits per heavy atom. The van der Waals surface area contributed by atoms with E-state index in [0.717, 1.165) is 11.7 Å². The van der Waals surface area contributed by atoms with Gasteiger partial charge in [0.1, 0.15) is 5.69 Å². The summed E-state index contributed by atoms with van der Waals surface area (Å²) in [7, 11) is 0.969. The second-order valence-corrected chi connectivity index (χ2v) is 6.78. The highest BCUT2D eigenvalue weighted by molar-refractivity contribution is 7.13. The van der Waals surface area contributed by atoms with Crippen LogP contribution in [-0.4, -0.2) is 26.0 Å². The van der Waals surface area contributed by atoms with Crippen molar-refractivity contribution >= 4 is 33.2 Å². The molecule has 0 aliphatic carbocycles. The molecule has 3 aromatic rings. The van der Waals surface area contributed by atoms with E-state index in [-0.39, 0.29) is 12.3 Å². The van der Waals surface area contributed by atoms with E-state index in [0.29, 0.717) is 38.8 Å². The van der Waals surface area contributed by atoms with E-state index in [1.54, 1.807) is 6.07 Å². The second-order valence-electron chi connectivity index (χ2n) is 5.59. The first-order valence-corrected chi connectivity index (χ1v) is 8.97. The third-order valence-corrected chi connectivity index (χ3v) is 4.88. The molecule has 3 rings (SSSR count). The van der Waals surface area contributed by atoms with Crippen LogP contribution in [0.15, 0.2) is 33.9 Å². The van der Waals surface area contributed by atoms with Gasteiger partial charge in [-0.15, -0.1) is 11.6 Å². The Morgan fingerprint density at radius 2 is 2.00 bits per heavy atom. The normalized spacial score (nSPS) is 12.0. The summed E-state index contributed by atoms with van der Waals surface area (Å²) < 4.78 is 50.4. The van der Waals surface area contributed by atoms with Crippen molar-refractivity contribution in [3.63, 3.8) is 0 Å². The minimum atomic E-state index is -4.81. The average Bonchev–Trinajstić information content (AvgIpc) is 3.00. The Morgan fingerprint density at radius 3 is 2.67 bits per heavy atom. The summed E-state index contributed by atoms with van der Waals surface area (Å²) in [6.07, 6.45) is -4.81. The molecule has 0 spiro atoms. The van der Waals surface area contributed by atoms with Gasteiger partial charge >= 0.3 is 11.9 Å². The SMILES string of the molecule is Cn1c(C(F)(F)F)cc(=O)n(-c2ccc3snc(COCCCl)c3c2)c1=O. The Labute approximate surface area is 159 Å². The Kier molecular flexibility index (Phi) is 5.41. The van der Waals surface area contributed by atoms with Crippen LogP contribution in [0, 0.1) is 0 Å². The van der Waals surface area contributed by atoms with Crippen molar-refractivity contribution in [2.45, 2.75) is 12.8 Å². The number of rotatable bonds is 5. The molecule has 0 unspecified atom stereocenters. The van der Waals surface area contributed by atoms with Crippen molar-refractivity contribution in [1.82, 2.24) is 13.5 Å². The van der Waals surface area contributed by atoms with E-state index < -0.39 is 23.1 Å². The van der Waals surface area contributed by atoms with Gasteiger partial charge in [-0.2, -0.15) is 17.5 Å². The highest BCUT2D eigenvalue weighted by Crippen LogP contribution is 2.28. The molecular formula is C16H13ClF3N3O3S. The van der Waals surface area contributed by atoms with Crippen molar-refractivity contribution in [2.24, 2.45) is 7.05 Å². The molecule has 0 amide bonds. The molecule has 0 saturated carbocycles. The minimum Gasteiger partial charge on any atom is -0.374 e. The van der Waals surface area contributed by atoms with E-state index in [1.807, 2.05) is 0 Å². The van der Waals surface area contributed by atoms with Gasteiger partial charge in [0.2, 0.25) is 0 Å². The van der Waals surface area contributed by atoms with E-state index in [4.69, 9.17) is 16.3 Å². The fraction of sp³-hybridized carbons (Fsp3) is 0.312. The maximum absolute atomic E-state index is 13.0. The summed E-state index contributed by atoms with van der Waals surface area (Å²) in [6, 6.07) is 5.08. The van der Waals surface area contributed by atoms with Gasteiger partial charge in [0.15, 0.2) is 0 Å². The molecule has 2 aromatic heterocycles. The van der Waals surface area contributed by atoms with Crippen LogP contribution in [-0.2, 0) is 24.6 Å². The number of fused-ring (bicyclic) bond motifs is 1. The van der Waals surface area contributed by atoms with Crippen LogP contribution in [0.1, 0.15) is 11.4 Å². The molecule has 144 valence electrons. The van der Waals surface area contributed by atoms with Crippen molar-refractivity contribution in [2.75, 3.05) is 12.5 Å². The fourth-order valence-electron chi connectivity index (χ4n) is 2.58. The lowest BCUT2D eigenvalue weighted by molar-refractivity contribution is -0.144. The predicted molar refractivity (Wildman–Crippen MR) is 95.8 cm³/mol. The zero-order valence-corrected chi connectivity index (χ0v) is 15.5. The van der Waals surface area contributed by atoms with Crippen LogP contribution in [0.4, 0.5) is 13.2 Å². The highest BCUT2D eigenvalue weighted by atomic mass is 35.5. The van der Waals surface area contributed by atoms with Crippen LogP contribution in [0.2, 0.25) is 0 Å². The zero-order chi connectivity index (χ0) is 19.8. The summed E-state index contributed by atoms with van der Waals surface area (Å²) in [5.74, 6) is 0.324. The molecule has 0 bridgehead atoms. The Hall–Kier alpha value is -2.17. The summed E-state index contributed by atoms with van der Waals surface area (Å²) in [4.78, 5) is 24.6. The third-order valence-electron chi connectivity index (χ3n) is 3.86. The first-order valence-electron chi connectivity index (χ1n) is 7.66. The van der Waals surface area contributed by atoms with E-state index in [9.17, 15) is 22.8 Å². The minimum absolute atomic E-state index is 0.153. The number of benzene rings is 1. The van der Waals surface area contributed by atoms with Gasteiger partial charge in [0.05, 0.1) is 29.3 Å². The first-order chi connectivity index (χ1) is 12.7. The molecule has 1 aromatic carbocycles. The lowest BCUT2D eigenvalue weighted by Crippen LogP contribution is -2.40. The Bertz CT molecular complexity index is 1100. The van der Waals surface area contributed by atoms with Crippen LogP contribution in [0.3, 0.4) is 0 Å². The third kappa shape index (κ3) is 3.78. The van der Waals surface area contributed by atoms with Gasteiger partial charge in [0, 0.05) is 24.4 Å². The van der Waals surface area contributed by atoms with Crippen molar-refractivity contribution in [1.29, 1.82) is 0 Å². The molecule has 0 fully saturated rings. The zero-order valence-electron chi connectivity index (χ0n) is 13.9. The van der Waals surface area contributed by atoms with Crippen molar-refractivity contribution < 1.29 is 17.9 Å². The van der Waals surface area contributed by atoms with Crippen molar-refractivity contribution in [3.05, 3.63) is 56.5 Å². The van der Waals surface area contributed by atoms with E-state index in [1.165, 1.54) is 23.7 Å². The monoisotopic (exact) mass is 419 g/mol. The van der Waals surface area contributed by atoms with Gasteiger partial charge < -0.3 is 4.74 Å². The number of alkyl halides is 4. The van der Waals surface area contributed by atoms with Crippen LogP contribution >= 0.6 is 23.1 Å². The molecule has 0 radical (unpaired) electrons. The number of hydrogen-bond acceptors (Lipinski definition) is 5. The van der Waals surface area contributed by atoms with Crippen LogP contribution in [0.5, 0.6) is 0 Å². The van der Waals surface area contributed by atoms with Crippen LogP contribution in [0.25, 0.3) is 15.8 Å². The quantitative estimate of drug-likeness (QED) is 0.471. The standard InChI is InChI=1S/C16H13ClF3N3O3S/c1-22-13(16(18,19)20)7-14(24)23(15(22)25)9-2-3-12-10(6-9)11(21-27-12)8-26-5-4-17/h2-3,6-7H,4-5,8H2,1H3. The van der Waals surface area contributed by atoms with Gasteiger partial charge in [-0.1, -0.05) is 0 Å². The van der Waals surface area contributed by atoms with Gasteiger partial charge in [-0.05, 0) is 29.7 Å². The molecule has 0 aliphatic heterocycles. The molecule has 0 atom stereocenters. The molecule has 6 nitrogen and oxygen atoms in total. The maximum atomic E-state index is 13.0. The van der Waals surface area contributed by atoms with Crippen LogP contribution < -0.4 is 11.2 Å². The molecule has 11 heteroatoms. The molecular weight excluding hydrogens is 407 g/mol. The Balaban J connectivity index is 2.13. The highest BCUT2D eigenvalue weighted by Gasteiger charge is 2.35. The smallest absolute Gasteiger partial charge is 0.374 e. The summed E-state index contributed by atoms with van der Waals surface area (Å²) in [5, 5.41) is 0.654. The molecule has 27 heavy (non-hydrogen) atoms. The number of aromatic nitrogens is 3. The van der Waals surface area contributed by atoms with Gasteiger partial charge in [-0.3, -0.25) is 9.36 Å². The number of hydrogen-bond donors (Lipinski definition) is 0. The molecule has 0 aliphatic rings. The van der Waals surface area contributed by atoms with Crippen molar-refractivity contribution in [3.8, 4) is 5.69 Å². The lowest BCUT2D eigenvalue weighted by Gasteiger charge is -2.14. The van der Waals surface area contributed by atoms with E-state index >= 15 is 0 Å². The topological polar surface area (TPSA) is 66.1 Å². The summed E-state index contributed by atoms with van der Waals surface area (Å²) in [6.45, 7) is 0.523. The lowest BCUT2D eigenvalue weighted by atomic mass is 10.2. The molecule has 0 saturated heterocycles. The first kappa shape index (κ1) is 19.6. The molecule has 2 heterocycles. The maximum Gasteiger partial charge on any atom is 0.431 e. The fourth-order valence-corrected chi connectivity index (χ4v) is 3.45. The average molecular weight is 420 g/mol. The van der Waals surface area contributed by atoms with E-state index in [2.05, 4.69) is 4.37 Å². The van der Waals surface area contributed by atoms with Gasteiger partial charge in [-0.25, -0.2) is 9.36 Å². The number of halogens is 4. The number of ether oxygens (including phenoxy) is 1. The summed E-state index contributed by atoms with van der Waals surface area (Å²) in [5.41, 5.74) is -2.70. The number of nitrogens with zero attached hydrogens (tertiary/aromatic N) is 3. The predicted octanol–water partition coefficient (Wildman–Crippen LogP) is 2.92. The summed E-state index contributed by atoms with van der Waals surface area (Å²) >= 11 is 6.77. The van der Waals surface area contributed by atoms with Gasteiger partial charge in [0.25, 0.3) is 5.56 Å². The second kappa shape index (κ2) is 7.45. The molecule has 0 N–H and O–H groups in total. The largest absolute Gasteiger partial charge is 0.431 e.